The van der Waals surface area contributed by atoms with E-state index in [0.29, 0.717) is 17.2 Å². The normalized spacial score (nSPS) is 14.3. The molecule has 0 aliphatic carbocycles. The van der Waals surface area contributed by atoms with Gasteiger partial charge in [-0.2, -0.15) is 0 Å². The fraction of sp³-hybridized carbons (Fsp3) is 0.290. The SMILES string of the molecule is COc1cc(-c2cc(CN3CCN(Cc4ccnc(-c5ccc(F)cc5)c4)CC3)ccn2)cc(OC)c1OC. The van der Waals surface area contributed by atoms with Crippen molar-refractivity contribution in [3.05, 3.63) is 90.0 Å². The van der Waals surface area contributed by atoms with Crippen LogP contribution in [-0.4, -0.2) is 67.3 Å². The lowest BCUT2D eigenvalue weighted by atomic mass is 10.1. The molecular weight excluding hydrogens is 495 g/mol. The molecule has 0 atom stereocenters. The second kappa shape index (κ2) is 12.2. The highest BCUT2D eigenvalue weighted by Crippen LogP contribution is 2.40. The first-order chi connectivity index (χ1) is 19.1. The second-order valence-corrected chi connectivity index (χ2v) is 9.57. The van der Waals surface area contributed by atoms with Gasteiger partial charge in [0.2, 0.25) is 5.75 Å². The summed E-state index contributed by atoms with van der Waals surface area (Å²) in [7, 11) is 4.83. The number of methoxy groups -OCH3 is 3. The van der Waals surface area contributed by atoms with Crippen LogP contribution in [-0.2, 0) is 13.1 Å². The molecule has 5 rings (SSSR count). The maximum absolute atomic E-state index is 13.3. The van der Waals surface area contributed by atoms with Gasteiger partial charge in [-0.3, -0.25) is 19.8 Å². The van der Waals surface area contributed by atoms with Gasteiger partial charge in [0.15, 0.2) is 11.5 Å². The van der Waals surface area contributed by atoms with E-state index in [4.69, 9.17) is 14.2 Å². The van der Waals surface area contributed by atoms with Gasteiger partial charge in [0.05, 0.1) is 32.7 Å². The van der Waals surface area contributed by atoms with Crippen molar-refractivity contribution in [2.24, 2.45) is 0 Å². The molecule has 2 aromatic carbocycles. The third kappa shape index (κ3) is 6.35. The van der Waals surface area contributed by atoms with Crippen molar-refractivity contribution in [3.63, 3.8) is 0 Å². The molecule has 1 saturated heterocycles. The Hall–Kier alpha value is -4.01. The molecule has 2 aromatic heterocycles. The maximum Gasteiger partial charge on any atom is 0.203 e. The van der Waals surface area contributed by atoms with Crippen LogP contribution in [0, 0.1) is 5.82 Å². The van der Waals surface area contributed by atoms with Crippen LogP contribution in [0.2, 0.25) is 0 Å². The predicted molar refractivity (Wildman–Crippen MR) is 150 cm³/mol. The Bertz CT molecular complexity index is 1380. The highest BCUT2D eigenvalue weighted by atomic mass is 19.1. The van der Waals surface area contributed by atoms with Crippen molar-refractivity contribution in [3.8, 4) is 39.8 Å². The molecule has 1 aliphatic rings. The summed E-state index contributed by atoms with van der Waals surface area (Å²) in [5, 5.41) is 0. The van der Waals surface area contributed by atoms with Crippen LogP contribution in [0.5, 0.6) is 17.2 Å². The van der Waals surface area contributed by atoms with Crippen LogP contribution in [0.1, 0.15) is 11.1 Å². The second-order valence-electron chi connectivity index (χ2n) is 9.57. The van der Waals surface area contributed by atoms with Gasteiger partial charge in [-0.1, -0.05) is 0 Å². The topological polar surface area (TPSA) is 60.0 Å². The molecule has 0 amide bonds. The van der Waals surface area contributed by atoms with Gasteiger partial charge < -0.3 is 14.2 Å². The molecule has 0 spiro atoms. The summed E-state index contributed by atoms with van der Waals surface area (Å²) in [6, 6.07) is 18.7. The van der Waals surface area contributed by atoms with Crippen LogP contribution >= 0.6 is 0 Å². The highest BCUT2D eigenvalue weighted by Gasteiger charge is 2.19. The first-order valence-corrected chi connectivity index (χ1v) is 13.0. The number of rotatable bonds is 9. The highest BCUT2D eigenvalue weighted by molar-refractivity contribution is 5.69. The number of hydrogen-bond acceptors (Lipinski definition) is 7. The maximum atomic E-state index is 13.3. The zero-order chi connectivity index (χ0) is 27.2. The van der Waals surface area contributed by atoms with Crippen molar-refractivity contribution in [2.45, 2.75) is 13.1 Å². The molecule has 0 unspecified atom stereocenters. The van der Waals surface area contributed by atoms with E-state index in [9.17, 15) is 4.39 Å². The number of hydrogen-bond donors (Lipinski definition) is 0. The Morgan fingerprint density at radius 1 is 0.641 bits per heavy atom. The van der Waals surface area contributed by atoms with Crippen molar-refractivity contribution in [1.29, 1.82) is 0 Å². The summed E-state index contributed by atoms with van der Waals surface area (Å²) in [4.78, 5) is 14.0. The molecule has 0 bridgehead atoms. The average molecular weight is 529 g/mol. The first kappa shape index (κ1) is 26.6. The zero-order valence-corrected chi connectivity index (χ0v) is 22.6. The van der Waals surface area contributed by atoms with Crippen LogP contribution < -0.4 is 14.2 Å². The molecule has 8 heteroatoms. The number of benzene rings is 2. The number of piperazine rings is 1. The molecule has 1 aliphatic heterocycles. The molecule has 4 aromatic rings. The van der Waals surface area contributed by atoms with E-state index in [1.54, 1.807) is 33.5 Å². The monoisotopic (exact) mass is 528 g/mol. The van der Waals surface area contributed by atoms with Gasteiger partial charge in [0, 0.05) is 62.8 Å². The predicted octanol–water partition coefficient (Wildman–Crippen LogP) is 5.29. The minimum Gasteiger partial charge on any atom is -0.493 e. The summed E-state index contributed by atoms with van der Waals surface area (Å²) < 4.78 is 29.8. The molecule has 39 heavy (non-hydrogen) atoms. The van der Waals surface area contributed by atoms with E-state index in [-0.39, 0.29) is 5.82 Å². The number of halogens is 1. The Morgan fingerprint density at radius 3 is 1.59 bits per heavy atom. The Labute approximate surface area is 228 Å². The van der Waals surface area contributed by atoms with Crippen LogP contribution in [0.4, 0.5) is 4.39 Å². The van der Waals surface area contributed by atoms with E-state index in [2.05, 4.69) is 44.0 Å². The molecule has 0 radical (unpaired) electrons. The summed E-state index contributed by atoms with van der Waals surface area (Å²) in [5.41, 5.74) is 5.98. The molecule has 3 heterocycles. The van der Waals surface area contributed by atoms with Crippen LogP contribution in [0.3, 0.4) is 0 Å². The largest absolute Gasteiger partial charge is 0.493 e. The van der Waals surface area contributed by atoms with E-state index in [1.807, 2.05) is 24.5 Å². The van der Waals surface area contributed by atoms with Crippen molar-refractivity contribution < 1.29 is 18.6 Å². The van der Waals surface area contributed by atoms with E-state index in [0.717, 1.165) is 61.8 Å². The molecule has 0 saturated carbocycles. The first-order valence-electron chi connectivity index (χ1n) is 13.0. The Kier molecular flexibility index (Phi) is 8.34. The fourth-order valence-electron chi connectivity index (χ4n) is 4.93. The average Bonchev–Trinajstić information content (AvgIpc) is 2.98. The minimum absolute atomic E-state index is 0.239. The standard InChI is InChI=1S/C31H33FN4O3/c1-37-29-18-25(19-30(38-2)31(29)39-3)28-17-23(9-11-34-28)21-36-14-12-35(13-15-36)20-22-8-10-33-27(16-22)24-4-6-26(32)7-5-24/h4-11,16-19H,12-15,20-21H2,1-3H3. The number of ether oxygens (including phenoxy) is 3. The summed E-state index contributed by atoms with van der Waals surface area (Å²) in [6.45, 7) is 5.66. The lowest BCUT2D eigenvalue weighted by Gasteiger charge is -2.34. The van der Waals surface area contributed by atoms with Gasteiger partial charge in [0.1, 0.15) is 5.82 Å². The van der Waals surface area contributed by atoms with Crippen LogP contribution in [0.15, 0.2) is 73.1 Å². The Morgan fingerprint density at radius 2 is 1.13 bits per heavy atom. The third-order valence-corrected chi connectivity index (χ3v) is 7.03. The molecule has 202 valence electrons. The van der Waals surface area contributed by atoms with E-state index >= 15 is 0 Å². The smallest absolute Gasteiger partial charge is 0.203 e. The lowest BCUT2D eigenvalue weighted by Crippen LogP contribution is -2.45. The van der Waals surface area contributed by atoms with Gasteiger partial charge in [-0.05, 0) is 71.8 Å². The van der Waals surface area contributed by atoms with Gasteiger partial charge in [-0.25, -0.2) is 4.39 Å². The summed E-state index contributed by atoms with van der Waals surface area (Å²) in [6.07, 6.45) is 3.69. The van der Waals surface area contributed by atoms with Gasteiger partial charge in [0.25, 0.3) is 0 Å². The summed E-state index contributed by atoms with van der Waals surface area (Å²) in [5.74, 6) is 1.54. The van der Waals surface area contributed by atoms with E-state index in [1.165, 1.54) is 23.3 Å². The molecule has 1 fully saturated rings. The van der Waals surface area contributed by atoms with Crippen molar-refractivity contribution >= 4 is 0 Å². The minimum atomic E-state index is -0.239. The van der Waals surface area contributed by atoms with E-state index < -0.39 is 0 Å². The fourth-order valence-corrected chi connectivity index (χ4v) is 4.93. The zero-order valence-electron chi connectivity index (χ0n) is 22.6. The lowest BCUT2D eigenvalue weighted by molar-refractivity contribution is 0.122. The molecule has 7 nitrogen and oxygen atoms in total. The van der Waals surface area contributed by atoms with Crippen LogP contribution in [0.25, 0.3) is 22.5 Å². The van der Waals surface area contributed by atoms with Crippen molar-refractivity contribution in [1.82, 2.24) is 19.8 Å². The third-order valence-electron chi connectivity index (χ3n) is 7.03. The number of nitrogens with zero attached hydrogens (tertiary/aromatic N) is 4. The molecular formula is C31H33FN4O3. The van der Waals surface area contributed by atoms with Gasteiger partial charge in [-0.15, -0.1) is 0 Å². The Balaban J connectivity index is 1.20. The molecule has 0 N–H and O–H groups in total. The summed E-state index contributed by atoms with van der Waals surface area (Å²) >= 11 is 0. The number of pyridine rings is 2. The van der Waals surface area contributed by atoms with Gasteiger partial charge >= 0.3 is 0 Å². The number of aromatic nitrogens is 2. The quantitative estimate of drug-likeness (QED) is 0.292. The van der Waals surface area contributed by atoms with Crippen molar-refractivity contribution in [2.75, 3.05) is 47.5 Å².